The van der Waals surface area contributed by atoms with Gasteiger partial charge in [0.05, 0.1) is 12.2 Å². The van der Waals surface area contributed by atoms with Gasteiger partial charge in [0.2, 0.25) is 17.6 Å². The van der Waals surface area contributed by atoms with Gasteiger partial charge in [-0.05, 0) is 30.9 Å². The molecular weight excluding hydrogens is 480 g/mol. The van der Waals surface area contributed by atoms with Gasteiger partial charge in [-0.2, -0.15) is 13.2 Å². The van der Waals surface area contributed by atoms with Gasteiger partial charge in [-0.25, -0.2) is 18.2 Å². The van der Waals surface area contributed by atoms with Crippen LogP contribution < -0.4 is 10.6 Å². The molecule has 1 fully saturated rings. The van der Waals surface area contributed by atoms with Gasteiger partial charge in [0.15, 0.2) is 17.5 Å². The maximum absolute atomic E-state index is 13.9. The first-order valence-electron chi connectivity index (χ1n) is 11.1. The van der Waals surface area contributed by atoms with Crippen molar-refractivity contribution in [2.24, 2.45) is 5.73 Å². The molecule has 0 saturated carbocycles. The van der Waals surface area contributed by atoms with Gasteiger partial charge in [0, 0.05) is 44.6 Å². The van der Waals surface area contributed by atoms with Crippen molar-refractivity contribution in [3.05, 3.63) is 46.7 Å². The van der Waals surface area contributed by atoms with Crippen LogP contribution in [0.5, 0.6) is 0 Å². The van der Waals surface area contributed by atoms with E-state index in [2.05, 4.69) is 4.98 Å². The average molecular weight is 503 g/mol. The van der Waals surface area contributed by atoms with Crippen LogP contribution in [0, 0.1) is 17.5 Å². The number of carbonyl (C=O) groups is 2. The van der Waals surface area contributed by atoms with Crippen LogP contribution in [0.4, 0.5) is 32.2 Å². The topological polar surface area (TPSA) is 84.5 Å². The first kappa shape index (κ1) is 25.0. The molecule has 2 amide bonds. The molecule has 0 radical (unpaired) electrons. The molecule has 1 atom stereocenters. The van der Waals surface area contributed by atoms with Crippen molar-refractivity contribution in [2.75, 3.05) is 18.0 Å². The van der Waals surface area contributed by atoms with Crippen molar-refractivity contribution in [3.63, 3.8) is 0 Å². The molecule has 2 aliphatic rings. The average Bonchev–Trinajstić information content (AvgIpc) is 3.17. The highest BCUT2D eigenvalue weighted by Crippen LogP contribution is 2.36. The second-order valence-corrected chi connectivity index (χ2v) is 8.70. The van der Waals surface area contributed by atoms with Gasteiger partial charge < -0.3 is 15.2 Å². The minimum Gasteiger partial charge on any atom is -0.335 e. The number of imidazole rings is 1. The van der Waals surface area contributed by atoms with Crippen molar-refractivity contribution >= 4 is 17.6 Å². The van der Waals surface area contributed by atoms with Gasteiger partial charge in [-0.1, -0.05) is 0 Å². The van der Waals surface area contributed by atoms with Crippen LogP contribution in [-0.2, 0) is 35.3 Å². The molecule has 2 N–H and O–H groups in total. The molecule has 3 heterocycles. The van der Waals surface area contributed by atoms with Crippen LogP contribution in [0.1, 0.15) is 42.8 Å². The van der Waals surface area contributed by atoms with E-state index in [4.69, 9.17) is 5.73 Å². The third kappa shape index (κ3) is 5.14. The first-order chi connectivity index (χ1) is 16.5. The monoisotopic (exact) mass is 503 g/mol. The Hall–Kier alpha value is -3.09. The van der Waals surface area contributed by atoms with Gasteiger partial charge in [-0.15, -0.1) is 0 Å². The van der Waals surface area contributed by atoms with Gasteiger partial charge >= 0.3 is 6.18 Å². The maximum Gasteiger partial charge on any atom is 0.449 e. The highest BCUT2D eigenvalue weighted by atomic mass is 19.4. The van der Waals surface area contributed by atoms with Crippen LogP contribution in [0.15, 0.2) is 12.1 Å². The number of rotatable bonds is 5. The number of hydrogen-bond acceptors (Lipinski definition) is 4. The lowest BCUT2D eigenvalue weighted by Crippen LogP contribution is -2.43. The smallest absolute Gasteiger partial charge is 0.335 e. The Bertz CT molecular complexity index is 1150. The summed E-state index contributed by atoms with van der Waals surface area (Å²) in [5, 5.41) is 0. The lowest BCUT2D eigenvalue weighted by Gasteiger charge is -2.32. The van der Waals surface area contributed by atoms with Crippen molar-refractivity contribution < 1.29 is 35.9 Å². The number of nitrogens with two attached hydrogens (primary N) is 1. The fourth-order valence-electron chi connectivity index (χ4n) is 4.45. The van der Waals surface area contributed by atoms with E-state index in [0.717, 1.165) is 4.57 Å². The molecule has 1 aromatic heterocycles. The zero-order chi connectivity index (χ0) is 25.5. The number of alkyl halides is 3. The number of nitrogens with zero attached hydrogens (tertiary/aromatic N) is 4. The van der Waals surface area contributed by atoms with E-state index < -0.39 is 41.4 Å². The van der Waals surface area contributed by atoms with Crippen LogP contribution >= 0.6 is 0 Å². The SMILES string of the molecule is N[C@@H](CC(=O)N1CCn2c(C(F)(F)F)nc(N3CCCCC3=O)c2C1)Cc1cc(F)c(F)cc1F. The second-order valence-electron chi connectivity index (χ2n) is 8.70. The first-order valence-corrected chi connectivity index (χ1v) is 11.1. The highest BCUT2D eigenvalue weighted by Gasteiger charge is 2.42. The molecule has 190 valence electrons. The quantitative estimate of drug-likeness (QED) is 0.502. The molecule has 2 aliphatic heterocycles. The molecule has 1 saturated heterocycles. The maximum atomic E-state index is 13.9. The normalized spacial score (nSPS) is 17.5. The summed E-state index contributed by atoms with van der Waals surface area (Å²) in [6.07, 6.45) is -3.82. The molecule has 1 aromatic carbocycles. The fraction of sp³-hybridized carbons (Fsp3) is 0.500. The van der Waals surface area contributed by atoms with Crippen molar-refractivity contribution in [1.29, 1.82) is 0 Å². The Morgan fingerprint density at radius 2 is 1.77 bits per heavy atom. The van der Waals surface area contributed by atoms with Crippen LogP contribution in [0.25, 0.3) is 0 Å². The van der Waals surface area contributed by atoms with Crippen LogP contribution in [0.3, 0.4) is 0 Å². The van der Waals surface area contributed by atoms with E-state index >= 15 is 0 Å². The van der Waals surface area contributed by atoms with Gasteiger partial charge in [0.1, 0.15) is 5.82 Å². The summed E-state index contributed by atoms with van der Waals surface area (Å²) < 4.78 is 82.3. The van der Waals surface area contributed by atoms with Crippen LogP contribution in [-0.4, -0.2) is 45.4 Å². The predicted molar refractivity (Wildman–Crippen MR) is 111 cm³/mol. The summed E-state index contributed by atoms with van der Waals surface area (Å²) in [6.45, 7) is -0.213. The van der Waals surface area contributed by atoms with Gasteiger partial charge in [0.25, 0.3) is 0 Å². The van der Waals surface area contributed by atoms with Gasteiger partial charge in [-0.3, -0.25) is 14.5 Å². The number of halogens is 6. The van der Waals surface area contributed by atoms with E-state index in [1.807, 2.05) is 0 Å². The van der Waals surface area contributed by atoms with E-state index in [-0.39, 0.29) is 68.4 Å². The Labute approximate surface area is 196 Å². The summed E-state index contributed by atoms with van der Waals surface area (Å²) in [5.74, 6) is -5.65. The Balaban J connectivity index is 1.52. The molecule has 13 heteroatoms. The Morgan fingerprint density at radius 1 is 1.06 bits per heavy atom. The summed E-state index contributed by atoms with van der Waals surface area (Å²) in [7, 11) is 0. The summed E-state index contributed by atoms with van der Waals surface area (Å²) in [6, 6.07) is 0.129. The number of aromatic nitrogens is 2. The van der Waals surface area contributed by atoms with E-state index in [0.29, 0.717) is 25.0 Å². The van der Waals surface area contributed by atoms with Crippen LogP contribution in [0.2, 0.25) is 0 Å². The molecule has 0 spiro atoms. The second kappa shape index (κ2) is 9.51. The summed E-state index contributed by atoms with van der Waals surface area (Å²) in [4.78, 5) is 31.5. The minimum absolute atomic E-state index is 0.0507. The lowest BCUT2D eigenvalue weighted by atomic mass is 10.0. The summed E-state index contributed by atoms with van der Waals surface area (Å²) in [5.41, 5.74) is 5.85. The third-order valence-corrected chi connectivity index (χ3v) is 6.18. The largest absolute Gasteiger partial charge is 0.449 e. The number of carbonyl (C=O) groups excluding carboxylic acids is 2. The third-order valence-electron chi connectivity index (χ3n) is 6.18. The molecule has 4 rings (SSSR count). The number of fused-ring (bicyclic) bond motifs is 1. The molecular formula is C22H23F6N5O2. The molecule has 0 bridgehead atoms. The van der Waals surface area contributed by atoms with Crippen molar-refractivity contribution in [3.8, 4) is 0 Å². The Morgan fingerprint density at radius 3 is 2.46 bits per heavy atom. The minimum atomic E-state index is -4.74. The van der Waals surface area contributed by atoms with Crippen molar-refractivity contribution in [2.45, 2.75) is 57.4 Å². The fourth-order valence-corrected chi connectivity index (χ4v) is 4.45. The molecule has 0 unspecified atom stereocenters. The lowest BCUT2D eigenvalue weighted by molar-refractivity contribution is -0.148. The molecule has 7 nitrogen and oxygen atoms in total. The zero-order valence-electron chi connectivity index (χ0n) is 18.5. The Kier molecular flexibility index (Phi) is 6.80. The number of benzene rings is 1. The van der Waals surface area contributed by atoms with E-state index in [1.54, 1.807) is 0 Å². The number of hydrogen-bond donors (Lipinski definition) is 1. The standard InChI is InChI=1S/C22H23F6N5O2/c23-14-10-16(25)15(24)8-12(14)7-13(29)9-19(35)31-5-6-32-17(11-31)20(30-21(32)22(26,27)28)33-4-2-1-3-18(33)34/h8,10,13H,1-7,9,11,29H2/t13-/m1/s1. The molecule has 35 heavy (non-hydrogen) atoms. The number of anilines is 1. The predicted octanol–water partition coefficient (Wildman–Crippen LogP) is 3.14. The van der Waals surface area contributed by atoms with E-state index in [9.17, 15) is 35.9 Å². The zero-order valence-corrected chi connectivity index (χ0v) is 18.5. The molecule has 2 aromatic rings. The van der Waals surface area contributed by atoms with E-state index in [1.165, 1.54) is 9.80 Å². The number of amides is 2. The highest BCUT2D eigenvalue weighted by molar-refractivity contribution is 5.93. The summed E-state index contributed by atoms with van der Waals surface area (Å²) >= 11 is 0. The van der Waals surface area contributed by atoms with Crippen molar-refractivity contribution in [1.82, 2.24) is 14.5 Å². The molecule has 0 aliphatic carbocycles. The number of piperidine rings is 1.